The molecule has 4 rings (SSSR count). The zero-order valence-electron chi connectivity index (χ0n) is 12.5. The number of anilines is 1. The van der Waals surface area contributed by atoms with Crippen LogP contribution in [0.25, 0.3) is 22.1 Å². The maximum absolute atomic E-state index is 12.5. The fraction of sp³-hybridized carbons (Fsp3) is 0.0667. The third-order valence-corrected chi connectivity index (χ3v) is 4.92. The maximum Gasteiger partial charge on any atom is 0.323 e. The van der Waals surface area contributed by atoms with Crippen LogP contribution < -0.4 is 10.4 Å². The first-order valence-corrected chi connectivity index (χ1v) is 8.51. The van der Waals surface area contributed by atoms with Gasteiger partial charge in [-0.1, -0.05) is 0 Å². The zero-order valence-corrected chi connectivity index (χ0v) is 13.3. The second-order valence-electron chi connectivity index (χ2n) is 5.31. The van der Waals surface area contributed by atoms with Gasteiger partial charge in [0.2, 0.25) is 0 Å². The Labute approximate surface area is 135 Å². The minimum atomic E-state index is -3.80. The number of fused-ring (bicyclic) bond motifs is 2. The number of benzene rings is 2. The van der Waals surface area contributed by atoms with Crippen LogP contribution in [0.15, 0.2) is 50.5 Å². The quantitative estimate of drug-likeness (QED) is 0.525. The van der Waals surface area contributed by atoms with Crippen molar-refractivity contribution in [3.8, 4) is 0 Å². The molecule has 122 valence electrons. The molecule has 2 heterocycles. The first kappa shape index (κ1) is 14.5. The number of aryl methyl sites for hydroxylation is 1. The lowest BCUT2D eigenvalue weighted by Gasteiger charge is -2.08. The average molecular weight is 344 g/mol. The third-order valence-electron chi connectivity index (χ3n) is 3.54. The Balaban J connectivity index is 1.73. The van der Waals surface area contributed by atoms with E-state index in [1.165, 1.54) is 18.2 Å². The molecule has 0 spiro atoms. The molecular formula is C15H12N4O4S. The summed E-state index contributed by atoms with van der Waals surface area (Å²) in [5.41, 5.74) is 2.10. The van der Waals surface area contributed by atoms with E-state index < -0.39 is 10.0 Å². The average Bonchev–Trinajstić information content (AvgIpc) is 3.05. The maximum atomic E-state index is 12.5. The van der Waals surface area contributed by atoms with Crippen molar-refractivity contribution < 1.29 is 12.8 Å². The van der Waals surface area contributed by atoms with Gasteiger partial charge in [-0.3, -0.25) is 4.72 Å². The zero-order chi connectivity index (χ0) is 16.9. The predicted octanol–water partition coefficient (Wildman–Crippen LogP) is 2.11. The van der Waals surface area contributed by atoms with Gasteiger partial charge < -0.3 is 14.4 Å². The molecule has 3 N–H and O–H groups in total. The van der Waals surface area contributed by atoms with Crippen molar-refractivity contribution in [2.75, 3.05) is 4.72 Å². The largest absolute Gasteiger partial charge is 0.441 e. The van der Waals surface area contributed by atoms with Crippen LogP contribution in [0.3, 0.4) is 0 Å². The van der Waals surface area contributed by atoms with Gasteiger partial charge >= 0.3 is 5.69 Å². The monoisotopic (exact) mass is 344 g/mol. The number of aromatic nitrogens is 3. The van der Waals surface area contributed by atoms with Crippen LogP contribution >= 0.6 is 0 Å². The number of imidazole rings is 1. The summed E-state index contributed by atoms with van der Waals surface area (Å²) in [5.74, 6) is 0.506. The Morgan fingerprint density at radius 3 is 2.71 bits per heavy atom. The highest BCUT2D eigenvalue weighted by atomic mass is 32.2. The number of nitrogens with zero attached hydrogens (tertiary/aromatic N) is 1. The van der Waals surface area contributed by atoms with Crippen molar-refractivity contribution in [1.82, 2.24) is 15.0 Å². The van der Waals surface area contributed by atoms with E-state index >= 15 is 0 Å². The molecule has 0 radical (unpaired) electrons. The van der Waals surface area contributed by atoms with E-state index in [0.29, 0.717) is 33.7 Å². The number of nitrogens with one attached hydrogen (secondary N) is 3. The Bertz CT molecular complexity index is 1230. The molecule has 8 nitrogen and oxygen atoms in total. The molecule has 0 unspecified atom stereocenters. The minimum absolute atomic E-state index is 0.0432. The minimum Gasteiger partial charge on any atom is -0.441 e. The Morgan fingerprint density at radius 1 is 1.08 bits per heavy atom. The second-order valence-corrected chi connectivity index (χ2v) is 6.99. The molecule has 9 heteroatoms. The number of oxazole rings is 1. The van der Waals surface area contributed by atoms with E-state index in [4.69, 9.17) is 4.42 Å². The summed E-state index contributed by atoms with van der Waals surface area (Å²) in [7, 11) is -3.80. The number of aromatic amines is 2. The molecule has 0 fully saturated rings. The Kier molecular flexibility index (Phi) is 3.00. The second kappa shape index (κ2) is 4.96. The van der Waals surface area contributed by atoms with Crippen molar-refractivity contribution >= 4 is 37.8 Å². The number of H-pyrrole nitrogens is 2. The lowest BCUT2D eigenvalue weighted by molar-refractivity contribution is 0.561. The van der Waals surface area contributed by atoms with Crippen LogP contribution in [-0.4, -0.2) is 23.4 Å². The molecule has 0 aliphatic carbocycles. The molecule has 0 amide bonds. The van der Waals surface area contributed by atoms with Crippen LogP contribution in [0.4, 0.5) is 5.69 Å². The van der Waals surface area contributed by atoms with Gasteiger partial charge in [-0.15, -0.1) is 0 Å². The van der Waals surface area contributed by atoms with E-state index in [-0.39, 0.29) is 10.6 Å². The fourth-order valence-electron chi connectivity index (χ4n) is 2.50. The first-order chi connectivity index (χ1) is 11.4. The van der Waals surface area contributed by atoms with Crippen LogP contribution in [0.2, 0.25) is 0 Å². The highest BCUT2D eigenvalue weighted by molar-refractivity contribution is 7.92. The highest BCUT2D eigenvalue weighted by Gasteiger charge is 2.16. The molecular weight excluding hydrogens is 332 g/mol. The Hall–Kier alpha value is -3.07. The summed E-state index contributed by atoms with van der Waals surface area (Å²) in [5, 5.41) is 0. The summed E-state index contributed by atoms with van der Waals surface area (Å²) in [4.78, 5) is 20.6. The molecule has 0 saturated carbocycles. The van der Waals surface area contributed by atoms with E-state index in [0.717, 1.165) is 0 Å². The van der Waals surface area contributed by atoms with E-state index in [2.05, 4.69) is 19.7 Å². The topological polar surface area (TPSA) is 121 Å². The lowest BCUT2D eigenvalue weighted by Crippen LogP contribution is -2.12. The fourth-order valence-corrected chi connectivity index (χ4v) is 3.57. The van der Waals surface area contributed by atoms with Crippen LogP contribution in [-0.2, 0) is 10.0 Å². The summed E-state index contributed by atoms with van der Waals surface area (Å²) in [6, 6.07) is 9.20. The third kappa shape index (κ3) is 2.44. The molecule has 0 atom stereocenters. The van der Waals surface area contributed by atoms with Gasteiger partial charge in [0.15, 0.2) is 11.5 Å². The number of rotatable bonds is 3. The van der Waals surface area contributed by atoms with Gasteiger partial charge in [0, 0.05) is 6.92 Å². The summed E-state index contributed by atoms with van der Waals surface area (Å²) < 4.78 is 32.9. The number of hydrogen-bond donors (Lipinski definition) is 3. The van der Waals surface area contributed by atoms with Crippen molar-refractivity contribution in [2.45, 2.75) is 11.8 Å². The predicted molar refractivity (Wildman–Crippen MR) is 88.5 cm³/mol. The smallest absolute Gasteiger partial charge is 0.323 e. The standard InChI is InChI=1S/C15H12N4O4S/c1-8-16-13-6-9(2-5-14(13)23-8)19-24(21,22)10-3-4-11-12(7-10)18-15(20)17-11/h2-7,19H,1H3,(H2,17,18,20). The van der Waals surface area contributed by atoms with Crippen molar-refractivity contribution in [3.63, 3.8) is 0 Å². The van der Waals surface area contributed by atoms with Crippen LogP contribution in [0.1, 0.15) is 5.89 Å². The van der Waals surface area contributed by atoms with Crippen LogP contribution in [0.5, 0.6) is 0 Å². The molecule has 2 aromatic heterocycles. The molecule has 24 heavy (non-hydrogen) atoms. The molecule has 0 saturated heterocycles. The molecule has 0 bridgehead atoms. The summed E-state index contributed by atoms with van der Waals surface area (Å²) in [6.45, 7) is 1.72. The van der Waals surface area contributed by atoms with E-state index in [1.807, 2.05) is 0 Å². The highest BCUT2D eigenvalue weighted by Crippen LogP contribution is 2.23. The first-order valence-electron chi connectivity index (χ1n) is 7.03. The van der Waals surface area contributed by atoms with Crippen LogP contribution in [0, 0.1) is 6.92 Å². The molecule has 0 aliphatic heterocycles. The molecule has 0 aliphatic rings. The van der Waals surface area contributed by atoms with Gasteiger partial charge in [0.1, 0.15) is 5.52 Å². The Morgan fingerprint density at radius 2 is 1.88 bits per heavy atom. The van der Waals surface area contributed by atoms with E-state index in [9.17, 15) is 13.2 Å². The molecule has 2 aromatic carbocycles. The van der Waals surface area contributed by atoms with E-state index in [1.54, 1.807) is 25.1 Å². The molecule has 4 aromatic rings. The normalized spacial score (nSPS) is 12.0. The summed E-state index contributed by atoms with van der Waals surface area (Å²) in [6.07, 6.45) is 0. The van der Waals surface area contributed by atoms with Gasteiger partial charge in [0.25, 0.3) is 10.0 Å². The number of hydrogen-bond acceptors (Lipinski definition) is 5. The van der Waals surface area contributed by atoms with Gasteiger partial charge in [-0.2, -0.15) is 0 Å². The van der Waals surface area contributed by atoms with Gasteiger partial charge in [-0.25, -0.2) is 18.2 Å². The SMILES string of the molecule is Cc1nc2cc(NS(=O)(=O)c3ccc4[nH]c(=O)[nH]c4c3)ccc2o1. The lowest BCUT2D eigenvalue weighted by atomic mass is 10.3. The van der Waals surface area contributed by atoms with Crippen molar-refractivity contribution in [3.05, 3.63) is 52.8 Å². The summed E-state index contributed by atoms with van der Waals surface area (Å²) >= 11 is 0. The van der Waals surface area contributed by atoms with Crippen molar-refractivity contribution in [2.24, 2.45) is 0 Å². The van der Waals surface area contributed by atoms with Gasteiger partial charge in [-0.05, 0) is 36.4 Å². The van der Waals surface area contributed by atoms with Crippen molar-refractivity contribution in [1.29, 1.82) is 0 Å². The number of sulfonamides is 1. The van der Waals surface area contributed by atoms with Gasteiger partial charge in [0.05, 0.1) is 21.6 Å².